The molecule has 4 rings (SSSR count). The van der Waals surface area contributed by atoms with Crippen molar-refractivity contribution in [3.8, 4) is 0 Å². The van der Waals surface area contributed by atoms with E-state index in [1.165, 1.54) is 11.1 Å². The van der Waals surface area contributed by atoms with E-state index in [1.54, 1.807) is 0 Å². The average molecular weight is 278 g/mol. The first-order chi connectivity index (χ1) is 10.3. The Hall–Kier alpha value is -2.10. The van der Waals surface area contributed by atoms with Crippen molar-refractivity contribution in [1.82, 2.24) is 4.90 Å². The van der Waals surface area contributed by atoms with E-state index in [0.29, 0.717) is 0 Å². The number of benzene rings is 2. The van der Waals surface area contributed by atoms with E-state index in [0.717, 1.165) is 36.4 Å². The third-order valence-electron chi connectivity index (χ3n) is 4.17. The van der Waals surface area contributed by atoms with Crippen LogP contribution in [0.2, 0.25) is 0 Å². The Labute approximate surface area is 124 Å². The highest BCUT2D eigenvalue weighted by molar-refractivity contribution is 5.77. The molecule has 2 N–H and O–H groups in total. The monoisotopic (exact) mass is 278 g/mol. The maximum Gasteiger partial charge on any atom is 0.134 e. The van der Waals surface area contributed by atoms with Crippen LogP contribution in [0.4, 0.5) is 0 Å². The van der Waals surface area contributed by atoms with Crippen molar-refractivity contribution < 1.29 is 4.42 Å². The first kappa shape index (κ1) is 12.6. The molecule has 1 aromatic heterocycles. The van der Waals surface area contributed by atoms with Crippen LogP contribution in [0.5, 0.6) is 0 Å². The number of hydrogen-bond donors (Lipinski definition) is 1. The van der Waals surface area contributed by atoms with E-state index < -0.39 is 0 Å². The van der Waals surface area contributed by atoms with Crippen molar-refractivity contribution >= 4 is 11.0 Å². The molecule has 0 amide bonds. The van der Waals surface area contributed by atoms with Gasteiger partial charge >= 0.3 is 0 Å². The molecular weight excluding hydrogens is 260 g/mol. The molecule has 0 saturated heterocycles. The van der Waals surface area contributed by atoms with Gasteiger partial charge in [-0.25, -0.2) is 0 Å². The van der Waals surface area contributed by atoms with Crippen LogP contribution in [-0.4, -0.2) is 11.4 Å². The van der Waals surface area contributed by atoms with Crippen LogP contribution in [0.3, 0.4) is 0 Å². The number of para-hydroxylation sites is 1. The Morgan fingerprint density at radius 1 is 1.00 bits per heavy atom. The van der Waals surface area contributed by atoms with Gasteiger partial charge in [-0.05, 0) is 23.3 Å². The predicted octanol–water partition coefficient (Wildman–Crippen LogP) is 3.45. The number of nitrogens with zero attached hydrogens (tertiary/aromatic N) is 1. The normalized spacial score (nSPS) is 16.2. The zero-order chi connectivity index (χ0) is 14.2. The lowest BCUT2D eigenvalue weighted by Gasteiger charge is -2.18. The lowest BCUT2D eigenvalue weighted by Crippen LogP contribution is -2.27. The summed E-state index contributed by atoms with van der Waals surface area (Å²) in [7, 11) is 0. The molecule has 0 fully saturated rings. The maximum absolute atomic E-state index is 6.34. The van der Waals surface area contributed by atoms with Crippen LogP contribution in [0, 0.1) is 0 Å². The van der Waals surface area contributed by atoms with Crippen LogP contribution >= 0.6 is 0 Å². The highest BCUT2D eigenvalue weighted by atomic mass is 16.3. The summed E-state index contributed by atoms with van der Waals surface area (Å²) in [5.41, 5.74) is 10.1. The third kappa shape index (κ3) is 2.35. The number of rotatable bonds is 3. The molecule has 0 bridgehead atoms. The van der Waals surface area contributed by atoms with Gasteiger partial charge in [0.2, 0.25) is 0 Å². The Balaban J connectivity index is 1.50. The zero-order valence-corrected chi connectivity index (χ0v) is 11.8. The van der Waals surface area contributed by atoms with Crippen molar-refractivity contribution in [2.75, 3.05) is 6.54 Å². The molecule has 0 saturated carbocycles. The lowest BCUT2D eigenvalue weighted by molar-refractivity contribution is 0.255. The standard InChI is InChI=1S/C18H18N2O/c19-16(18-9-13-5-3-4-8-17(13)21-18)12-20-10-14-6-1-2-7-15(14)11-20/h1-9,16H,10-12,19H2. The molecule has 1 aliphatic heterocycles. The van der Waals surface area contributed by atoms with Gasteiger partial charge in [0, 0.05) is 25.0 Å². The van der Waals surface area contributed by atoms with Gasteiger partial charge in [-0.1, -0.05) is 42.5 Å². The molecule has 1 aliphatic rings. The topological polar surface area (TPSA) is 42.4 Å². The van der Waals surface area contributed by atoms with Gasteiger partial charge in [-0.15, -0.1) is 0 Å². The summed E-state index contributed by atoms with van der Waals surface area (Å²) >= 11 is 0. The van der Waals surface area contributed by atoms with Crippen molar-refractivity contribution in [1.29, 1.82) is 0 Å². The van der Waals surface area contributed by atoms with E-state index in [1.807, 2.05) is 18.2 Å². The van der Waals surface area contributed by atoms with Crippen LogP contribution in [0.15, 0.2) is 59.0 Å². The summed E-state index contributed by atoms with van der Waals surface area (Å²) in [6.45, 7) is 2.77. The van der Waals surface area contributed by atoms with Crippen LogP contribution in [-0.2, 0) is 13.1 Å². The summed E-state index contributed by atoms with van der Waals surface area (Å²) in [5, 5.41) is 1.12. The van der Waals surface area contributed by atoms with Gasteiger partial charge in [0.15, 0.2) is 0 Å². The van der Waals surface area contributed by atoms with Gasteiger partial charge in [-0.3, -0.25) is 4.90 Å². The van der Waals surface area contributed by atoms with Crippen LogP contribution in [0.1, 0.15) is 22.9 Å². The largest absolute Gasteiger partial charge is 0.459 e. The fourth-order valence-corrected chi connectivity index (χ4v) is 3.09. The second-order valence-corrected chi connectivity index (χ2v) is 5.73. The SMILES string of the molecule is NC(CN1Cc2ccccc2C1)c1cc2ccccc2o1. The average Bonchev–Trinajstić information content (AvgIpc) is 3.10. The summed E-state index contributed by atoms with van der Waals surface area (Å²) in [4.78, 5) is 2.38. The molecule has 1 unspecified atom stereocenters. The maximum atomic E-state index is 6.34. The first-order valence-electron chi connectivity index (χ1n) is 7.33. The fourth-order valence-electron chi connectivity index (χ4n) is 3.09. The van der Waals surface area contributed by atoms with Gasteiger partial charge in [-0.2, -0.15) is 0 Å². The zero-order valence-electron chi connectivity index (χ0n) is 11.8. The molecule has 106 valence electrons. The van der Waals surface area contributed by atoms with E-state index in [9.17, 15) is 0 Å². The van der Waals surface area contributed by atoms with Crippen molar-refractivity contribution in [2.45, 2.75) is 19.1 Å². The Bertz CT molecular complexity index is 719. The van der Waals surface area contributed by atoms with Crippen molar-refractivity contribution in [3.63, 3.8) is 0 Å². The van der Waals surface area contributed by atoms with Crippen molar-refractivity contribution in [3.05, 3.63) is 71.5 Å². The number of furan rings is 1. The van der Waals surface area contributed by atoms with E-state index in [4.69, 9.17) is 10.2 Å². The minimum absolute atomic E-state index is 0.0910. The van der Waals surface area contributed by atoms with Gasteiger partial charge in [0.05, 0.1) is 6.04 Å². The number of fused-ring (bicyclic) bond motifs is 2. The second kappa shape index (κ2) is 5.02. The number of hydrogen-bond acceptors (Lipinski definition) is 3. The first-order valence-corrected chi connectivity index (χ1v) is 7.33. The Morgan fingerprint density at radius 3 is 2.38 bits per heavy atom. The molecule has 2 aromatic carbocycles. The molecule has 2 heterocycles. The summed E-state index contributed by atoms with van der Waals surface area (Å²) in [5.74, 6) is 0.868. The van der Waals surface area contributed by atoms with Gasteiger partial charge in [0.25, 0.3) is 0 Å². The molecule has 3 nitrogen and oxygen atoms in total. The second-order valence-electron chi connectivity index (χ2n) is 5.73. The highest BCUT2D eigenvalue weighted by Gasteiger charge is 2.22. The van der Waals surface area contributed by atoms with Gasteiger partial charge in [0.1, 0.15) is 11.3 Å². The molecule has 0 aliphatic carbocycles. The summed E-state index contributed by atoms with van der Waals surface area (Å²) < 4.78 is 5.87. The Kier molecular flexibility index (Phi) is 3.02. The molecule has 3 aromatic rings. The molecule has 0 spiro atoms. The van der Waals surface area contributed by atoms with Gasteiger partial charge < -0.3 is 10.2 Å². The fraction of sp³-hybridized carbons (Fsp3) is 0.222. The molecule has 1 atom stereocenters. The minimum atomic E-state index is -0.0910. The molecular formula is C18H18N2O. The third-order valence-corrected chi connectivity index (χ3v) is 4.17. The van der Waals surface area contributed by atoms with Crippen LogP contribution in [0.25, 0.3) is 11.0 Å². The highest BCUT2D eigenvalue weighted by Crippen LogP contribution is 2.27. The molecule has 0 radical (unpaired) electrons. The quantitative estimate of drug-likeness (QED) is 0.798. The smallest absolute Gasteiger partial charge is 0.134 e. The predicted molar refractivity (Wildman–Crippen MR) is 83.7 cm³/mol. The van der Waals surface area contributed by atoms with E-state index in [2.05, 4.69) is 41.3 Å². The summed E-state index contributed by atoms with van der Waals surface area (Å²) in [6.07, 6.45) is 0. The molecule has 3 heteroatoms. The summed E-state index contributed by atoms with van der Waals surface area (Å²) in [6, 6.07) is 18.6. The molecule has 21 heavy (non-hydrogen) atoms. The van der Waals surface area contributed by atoms with Crippen molar-refractivity contribution in [2.24, 2.45) is 5.73 Å². The van der Waals surface area contributed by atoms with E-state index >= 15 is 0 Å². The minimum Gasteiger partial charge on any atom is -0.459 e. The van der Waals surface area contributed by atoms with Crippen LogP contribution < -0.4 is 5.73 Å². The Morgan fingerprint density at radius 2 is 1.67 bits per heavy atom. The lowest BCUT2D eigenvalue weighted by atomic mass is 10.1. The van der Waals surface area contributed by atoms with E-state index in [-0.39, 0.29) is 6.04 Å². The number of nitrogens with two attached hydrogens (primary N) is 1.